The van der Waals surface area contributed by atoms with Crippen LogP contribution in [0.3, 0.4) is 0 Å². The Labute approximate surface area is 86.5 Å². The Kier molecular flexibility index (Phi) is 2.68. The molecule has 0 spiro atoms. The van der Waals surface area contributed by atoms with Crippen LogP contribution >= 0.6 is 0 Å². The second kappa shape index (κ2) is 3.81. The number of rotatable bonds is 0. The first-order valence-corrected chi connectivity index (χ1v) is 5.61. The van der Waals surface area contributed by atoms with Crippen LogP contribution in [0.5, 0.6) is 0 Å². The minimum absolute atomic E-state index is 0.307. The van der Waals surface area contributed by atoms with Crippen molar-refractivity contribution in [3.05, 3.63) is 11.4 Å². The van der Waals surface area contributed by atoms with Crippen LogP contribution in [0.2, 0.25) is 0 Å². The maximum Gasteiger partial charge on any atom is 0.104 e. The molecule has 3 nitrogen and oxygen atoms in total. The van der Waals surface area contributed by atoms with E-state index in [0.717, 1.165) is 13.1 Å². The van der Waals surface area contributed by atoms with Gasteiger partial charge in [-0.25, -0.2) is 0 Å². The summed E-state index contributed by atoms with van der Waals surface area (Å²) < 4.78 is 0. The topological polar surface area (TPSA) is 32.5 Å². The van der Waals surface area contributed by atoms with E-state index in [0.29, 0.717) is 6.04 Å². The first-order valence-electron chi connectivity index (χ1n) is 5.61. The normalized spacial score (nSPS) is 28.9. The summed E-state index contributed by atoms with van der Waals surface area (Å²) in [6.07, 6.45) is 4.98. The van der Waals surface area contributed by atoms with Crippen LogP contribution in [0, 0.1) is 0 Å². The molecule has 80 valence electrons. The molecule has 1 saturated heterocycles. The zero-order valence-corrected chi connectivity index (χ0v) is 9.29. The molecule has 0 aromatic heterocycles. The third-order valence-corrected chi connectivity index (χ3v) is 3.44. The molecule has 0 aromatic rings. The Hall–Kier alpha value is -0.700. The minimum Gasteiger partial charge on any atom is -0.360 e. The smallest absolute Gasteiger partial charge is 0.104 e. The quantitative estimate of drug-likeness (QED) is 0.625. The second-order valence-corrected chi connectivity index (χ2v) is 4.54. The second-order valence-electron chi connectivity index (χ2n) is 4.54. The van der Waals surface area contributed by atoms with Gasteiger partial charge < -0.3 is 15.5 Å². The fourth-order valence-corrected chi connectivity index (χ4v) is 2.61. The van der Waals surface area contributed by atoms with Gasteiger partial charge in [0.1, 0.15) is 5.82 Å². The van der Waals surface area contributed by atoms with Gasteiger partial charge in [-0.2, -0.15) is 0 Å². The standard InChI is InChI=1S/C11H21N3/c1-13-7-8-14(2)11(13)9-5-3-4-6-10(9)12/h10H,3-8,12H2,1-2H3. The summed E-state index contributed by atoms with van der Waals surface area (Å²) in [6.45, 7) is 2.28. The SMILES string of the molecule is CN1CCN(C)C1=C1CCCCC1N. The van der Waals surface area contributed by atoms with Crippen LogP contribution in [-0.4, -0.2) is 43.0 Å². The van der Waals surface area contributed by atoms with Crippen LogP contribution in [0.15, 0.2) is 11.4 Å². The molecule has 0 bridgehead atoms. The zero-order valence-electron chi connectivity index (χ0n) is 9.29. The minimum atomic E-state index is 0.307. The van der Waals surface area contributed by atoms with E-state index in [2.05, 4.69) is 23.9 Å². The average molecular weight is 195 g/mol. The van der Waals surface area contributed by atoms with Crippen molar-refractivity contribution in [1.82, 2.24) is 9.80 Å². The molecule has 1 heterocycles. The van der Waals surface area contributed by atoms with Crippen molar-refractivity contribution in [2.45, 2.75) is 31.7 Å². The lowest BCUT2D eigenvalue weighted by Gasteiger charge is -2.29. The zero-order chi connectivity index (χ0) is 10.1. The van der Waals surface area contributed by atoms with E-state index >= 15 is 0 Å². The molecule has 1 aliphatic carbocycles. The molecular weight excluding hydrogens is 174 g/mol. The summed E-state index contributed by atoms with van der Waals surface area (Å²) in [7, 11) is 4.35. The largest absolute Gasteiger partial charge is 0.360 e. The highest BCUT2D eigenvalue weighted by Crippen LogP contribution is 2.29. The van der Waals surface area contributed by atoms with Gasteiger partial charge in [-0.3, -0.25) is 0 Å². The molecule has 2 fully saturated rings. The van der Waals surface area contributed by atoms with Gasteiger partial charge >= 0.3 is 0 Å². The lowest BCUT2D eigenvalue weighted by Crippen LogP contribution is -2.31. The number of likely N-dealkylation sites (N-methyl/N-ethyl adjacent to an activating group) is 2. The molecule has 1 atom stereocenters. The fourth-order valence-electron chi connectivity index (χ4n) is 2.61. The maximum atomic E-state index is 6.17. The molecule has 2 rings (SSSR count). The fraction of sp³-hybridized carbons (Fsp3) is 0.818. The predicted molar refractivity (Wildman–Crippen MR) is 58.7 cm³/mol. The lowest BCUT2D eigenvalue weighted by atomic mass is 9.90. The number of nitrogens with zero attached hydrogens (tertiary/aromatic N) is 2. The van der Waals surface area contributed by atoms with Gasteiger partial charge in [-0.1, -0.05) is 6.42 Å². The van der Waals surface area contributed by atoms with Gasteiger partial charge in [0, 0.05) is 33.2 Å². The Bertz CT molecular complexity index is 235. The molecule has 2 aliphatic rings. The van der Waals surface area contributed by atoms with E-state index in [4.69, 9.17) is 5.73 Å². The van der Waals surface area contributed by atoms with Crippen LogP contribution in [0.4, 0.5) is 0 Å². The molecule has 1 saturated carbocycles. The lowest BCUT2D eigenvalue weighted by molar-refractivity contribution is 0.389. The molecule has 0 aromatic carbocycles. The van der Waals surface area contributed by atoms with Crippen molar-refractivity contribution in [2.24, 2.45) is 5.73 Å². The van der Waals surface area contributed by atoms with E-state index < -0.39 is 0 Å². The van der Waals surface area contributed by atoms with E-state index in [1.54, 1.807) is 0 Å². The summed E-state index contributed by atoms with van der Waals surface area (Å²) in [5.74, 6) is 1.40. The molecule has 0 radical (unpaired) electrons. The van der Waals surface area contributed by atoms with Crippen molar-refractivity contribution in [2.75, 3.05) is 27.2 Å². The highest BCUT2D eigenvalue weighted by molar-refractivity contribution is 5.21. The van der Waals surface area contributed by atoms with Crippen LogP contribution < -0.4 is 5.73 Å². The first kappa shape index (κ1) is 9.84. The third kappa shape index (κ3) is 1.61. The molecule has 2 N–H and O–H groups in total. The van der Waals surface area contributed by atoms with Crippen molar-refractivity contribution in [3.63, 3.8) is 0 Å². The molecule has 1 unspecified atom stereocenters. The van der Waals surface area contributed by atoms with Crippen molar-refractivity contribution in [1.29, 1.82) is 0 Å². The number of hydrogen-bond acceptors (Lipinski definition) is 3. The maximum absolute atomic E-state index is 6.17. The van der Waals surface area contributed by atoms with Gasteiger partial charge in [-0.15, -0.1) is 0 Å². The summed E-state index contributed by atoms with van der Waals surface area (Å²) in [6, 6.07) is 0.307. The summed E-state index contributed by atoms with van der Waals surface area (Å²) >= 11 is 0. The van der Waals surface area contributed by atoms with Crippen LogP contribution in [0.1, 0.15) is 25.7 Å². The monoisotopic (exact) mass is 195 g/mol. The third-order valence-electron chi connectivity index (χ3n) is 3.44. The molecule has 0 amide bonds. The Morgan fingerprint density at radius 1 is 1.14 bits per heavy atom. The van der Waals surface area contributed by atoms with Crippen molar-refractivity contribution >= 4 is 0 Å². The molecular formula is C11H21N3. The first-order chi connectivity index (χ1) is 6.70. The average Bonchev–Trinajstić information content (AvgIpc) is 2.48. The van der Waals surface area contributed by atoms with E-state index in [1.165, 1.54) is 37.1 Å². The Balaban J connectivity index is 2.26. The summed E-state index contributed by atoms with van der Waals surface area (Å²) in [5, 5.41) is 0. The van der Waals surface area contributed by atoms with E-state index in [1.807, 2.05) is 0 Å². The molecule has 1 aliphatic heterocycles. The van der Waals surface area contributed by atoms with Crippen molar-refractivity contribution < 1.29 is 0 Å². The van der Waals surface area contributed by atoms with E-state index in [-0.39, 0.29) is 0 Å². The summed E-state index contributed by atoms with van der Waals surface area (Å²) in [4.78, 5) is 4.70. The molecule has 14 heavy (non-hydrogen) atoms. The van der Waals surface area contributed by atoms with E-state index in [9.17, 15) is 0 Å². The highest BCUT2D eigenvalue weighted by atomic mass is 15.4. The summed E-state index contributed by atoms with van der Waals surface area (Å²) in [5.41, 5.74) is 7.66. The Morgan fingerprint density at radius 2 is 1.79 bits per heavy atom. The van der Waals surface area contributed by atoms with Crippen LogP contribution in [-0.2, 0) is 0 Å². The van der Waals surface area contributed by atoms with Gasteiger partial charge in [0.05, 0.1) is 0 Å². The van der Waals surface area contributed by atoms with Crippen molar-refractivity contribution in [3.8, 4) is 0 Å². The number of hydrogen-bond donors (Lipinski definition) is 1. The van der Waals surface area contributed by atoms with Gasteiger partial charge in [0.25, 0.3) is 0 Å². The van der Waals surface area contributed by atoms with Gasteiger partial charge in [0.2, 0.25) is 0 Å². The Morgan fingerprint density at radius 3 is 2.36 bits per heavy atom. The van der Waals surface area contributed by atoms with Crippen LogP contribution in [0.25, 0.3) is 0 Å². The van der Waals surface area contributed by atoms with Gasteiger partial charge in [-0.05, 0) is 24.8 Å². The van der Waals surface area contributed by atoms with Gasteiger partial charge in [0.15, 0.2) is 0 Å². The predicted octanol–water partition coefficient (Wildman–Crippen LogP) is 0.976. The highest BCUT2D eigenvalue weighted by Gasteiger charge is 2.26. The number of nitrogens with two attached hydrogens (primary N) is 1. The molecule has 3 heteroatoms.